The number of nitrogens with zero attached hydrogens (tertiary/aromatic N) is 2. The lowest BCUT2D eigenvalue weighted by atomic mass is 10.1. The number of benzene rings is 2. The van der Waals surface area contributed by atoms with E-state index in [1.165, 1.54) is 0 Å². The minimum Gasteiger partial charge on any atom is -0.294 e. The average molecular weight is 236 g/mol. The van der Waals surface area contributed by atoms with E-state index >= 15 is 0 Å². The topological polar surface area (TPSA) is 34.9 Å². The van der Waals surface area contributed by atoms with Gasteiger partial charge in [-0.25, -0.2) is 4.79 Å². The van der Waals surface area contributed by atoms with Crippen molar-refractivity contribution in [3.8, 4) is 11.3 Å². The van der Waals surface area contributed by atoms with Crippen molar-refractivity contribution in [3.05, 3.63) is 65.1 Å². The van der Waals surface area contributed by atoms with Gasteiger partial charge in [0.1, 0.15) is 0 Å². The van der Waals surface area contributed by atoms with Gasteiger partial charge in [-0.1, -0.05) is 48.5 Å². The van der Waals surface area contributed by atoms with Gasteiger partial charge in [-0.05, 0) is 11.6 Å². The highest BCUT2D eigenvalue weighted by atomic mass is 16.1. The van der Waals surface area contributed by atoms with Crippen LogP contribution in [0.4, 0.5) is 0 Å². The van der Waals surface area contributed by atoms with Crippen molar-refractivity contribution in [3.63, 3.8) is 0 Å². The monoisotopic (exact) mass is 236 g/mol. The van der Waals surface area contributed by atoms with Gasteiger partial charge < -0.3 is 0 Å². The second-order valence-corrected chi connectivity index (χ2v) is 4.19. The molecule has 0 saturated heterocycles. The first kappa shape index (κ1) is 10.7. The van der Waals surface area contributed by atoms with Crippen molar-refractivity contribution in [2.75, 3.05) is 0 Å². The summed E-state index contributed by atoms with van der Waals surface area (Å²) in [5, 5.41) is 0.991. The molecule has 0 aliphatic heterocycles. The number of hydrogen-bond acceptors (Lipinski definition) is 2. The Balaban J connectivity index is 2.47. The molecular formula is C15H12N2O. The fourth-order valence-corrected chi connectivity index (χ4v) is 2.17. The highest BCUT2D eigenvalue weighted by Crippen LogP contribution is 2.25. The van der Waals surface area contributed by atoms with E-state index in [2.05, 4.69) is 4.98 Å². The first-order chi connectivity index (χ1) is 8.77. The Morgan fingerprint density at radius 1 is 0.944 bits per heavy atom. The summed E-state index contributed by atoms with van der Waals surface area (Å²) >= 11 is 0. The van der Waals surface area contributed by atoms with Gasteiger partial charge in [0.2, 0.25) is 0 Å². The molecule has 0 saturated carbocycles. The Morgan fingerprint density at radius 3 is 2.39 bits per heavy atom. The SMILES string of the molecule is Cn1c(-c2ccccc2)c2ccccc2nc1=O. The van der Waals surface area contributed by atoms with Crippen molar-refractivity contribution < 1.29 is 0 Å². The van der Waals surface area contributed by atoms with Gasteiger partial charge in [0, 0.05) is 12.4 Å². The Morgan fingerprint density at radius 2 is 1.61 bits per heavy atom. The molecule has 18 heavy (non-hydrogen) atoms. The minimum absolute atomic E-state index is 0.229. The van der Waals surface area contributed by atoms with Gasteiger partial charge in [-0.2, -0.15) is 4.98 Å². The maximum Gasteiger partial charge on any atom is 0.348 e. The van der Waals surface area contributed by atoms with Crippen LogP contribution in [0.15, 0.2) is 59.4 Å². The molecule has 1 aromatic heterocycles. The summed E-state index contributed by atoms with van der Waals surface area (Å²) in [5.74, 6) is 0. The van der Waals surface area contributed by atoms with Crippen molar-refractivity contribution in [2.45, 2.75) is 0 Å². The van der Waals surface area contributed by atoms with Gasteiger partial charge in [-0.15, -0.1) is 0 Å². The molecule has 3 nitrogen and oxygen atoms in total. The maximum absolute atomic E-state index is 11.9. The lowest BCUT2D eigenvalue weighted by molar-refractivity contribution is 0.836. The van der Waals surface area contributed by atoms with Gasteiger partial charge in [0.15, 0.2) is 0 Å². The fraction of sp³-hybridized carbons (Fsp3) is 0.0667. The van der Waals surface area contributed by atoms with Crippen molar-refractivity contribution in [1.82, 2.24) is 9.55 Å². The molecule has 0 fully saturated rings. The predicted molar refractivity (Wildman–Crippen MR) is 72.4 cm³/mol. The summed E-state index contributed by atoms with van der Waals surface area (Å²) in [6.45, 7) is 0. The van der Waals surface area contributed by atoms with Gasteiger partial charge in [0.25, 0.3) is 0 Å². The summed E-state index contributed by atoms with van der Waals surface area (Å²) < 4.78 is 1.59. The predicted octanol–water partition coefficient (Wildman–Crippen LogP) is 2.60. The van der Waals surface area contributed by atoms with Crippen molar-refractivity contribution >= 4 is 10.9 Å². The van der Waals surface area contributed by atoms with Crippen molar-refractivity contribution in [2.24, 2.45) is 7.05 Å². The van der Waals surface area contributed by atoms with Gasteiger partial charge in [-0.3, -0.25) is 4.57 Å². The van der Waals surface area contributed by atoms with Crippen LogP contribution in [0, 0.1) is 0 Å². The maximum atomic E-state index is 11.9. The first-order valence-electron chi connectivity index (χ1n) is 5.78. The quantitative estimate of drug-likeness (QED) is 0.651. The number of rotatable bonds is 1. The van der Waals surface area contributed by atoms with E-state index in [-0.39, 0.29) is 5.69 Å². The molecule has 0 radical (unpaired) electrons. The summed E-state index contributed by atoms with van der Waals surface area (Å²) in [5.41, 5.74) is 2.44. The van der Waals surface area contributed by atoms with E-state index in [0.29, 0.717) is 0 Å². The third-order valence-corrected chi connectivity index (χ3v) is 3.04. The molecule has 3 rings (SSSR count). The third-order valence-electron chi connectivity index (χ3n) is 3.04. The van der Waals surface area contributed by atoms with E-state index in [1.807, 2.05) is 54.6 Å². The lowest BCUT2D eigenvalue weighted by Crippen LogP contribution is -2.21. The second-order valence-electron chi connectivity index (χ2n) is 4.19. The van der Waals surface area contributed by atoms with Crippen LogP contribution < -0.4 is 5.69 Å². The first-order valence-corrected chi connectivity index (χ1v) is 5.78. The smallest absolute Gasteiger partial charge is 0.294 e. The number of hydrogen-bond donors (Lipinski definition) is 0. The number of fused-ring (bicyclic) bond motifs is 1. The third kappa shape index (κ3) is 1.61. The fourth-order valence-electron chi connectivity index (χ4n) is 2.17. The van der Waals surface area contributed by atoms with Crippen LogP contribution in [0.25, 0.3) is 22.2 Å². The van der Waals surface area contributed by atoms with Crippen molar-refractivity contribution in [1.29, 1.82) is 0 Å². The Labute approximate surface area is 104 Å². The minimum atomic E-state index is -0.229. The molecule has 3 aromatic rings. The van der Waals surface area contributed by atoms with Crippen LogP contribution >= 0.6 is 0 Å². The zero-order valence-corrected chi connectivity index (χ0v) is 10.00. The molecule has 0 unspecified atom stereocenters. The van der Waals surface area contributed by atoms with E-state index in [9.17, 15) is 4.79 Å². The van der Waals surface area contributed by atoms with Crippen LogP contribution in [-0.4, -0.2) is 9.55 Å². The Hall–Kier alpha value is -2.42. The Bertz CT molecular complexity index is 760. The molecule has 0 bridgehead atoms. The van der Waals surface area contributed by atoms with Gasteiger partial charge in [0.05, 0.1) is 11.2 Å². The molecule has 3 heteroatoms. The molecule has 0 amide bonds. The standard InChI is InChI=1S/C15H12N2O/c1-17-14(11-7-3-2-4-8-11)12-9-5-6-10-13(12)16-15(17)18/h2-10H,1H3. The van der Waals surface area contributed by atoms with E-state index < -0.39 is 0 Å². The number of aromatic nitrogens is 2. The van der Waals surface area contributed by atoms with Crippen LogP contribution in [0.1, 0.15) is 0 Å². The summed E-state index contributed by atoms with van der Waals surface area (Å²) in [6.07, 6.45) is 0. The second kappa shape index (κ2) is 4.11. The average Bonchev–Trinajstić information content (AvgIpc) is 2.41. The lowest BCUT2D eigenvalue weighted by Gasteiger charge is -2.11. The van der Waals surface area contributed by atoms with Crippen LogP contribution in [0.2, 0.25) is 0 Å². The van der Waals surface area contributed by atoms with Crippen LogP contribution in [0.3, 0.4) is 0 Å². The summed E-state index contributed by atoms with van der Waals surface area (Å²) in [4.78, 5) is 15.9. The molecule has 0 aliphatic carbocycles. The van der Waals surface area contributed by atoms with E-state index in [1.54, 1.807) is 11.6 Å². The van der Waals surface area contributed by atoms with E-state index in [0.717, 1.165) is 22.2 Å². The summed E-state index contributed by atoms with van der Waals surface area (Å²) in [6, 6.07) is 17.6. The molecule has 1 heterocycles. The van der Waals surface area contributed by atoms with Crippen LogP contribution in [-0.2, 0) is 7.05 Å². The molecular weight excluding hydrogens is 224 g/mol. The Kier molecular flexibility index (Phi) is 2.45. The normalized spacial score (nSPS) is 10.7. The number of para-hydroxylation sites is 1. The zero-order chi connectivity index (χ0) is 12.5. The largest absolute Gasteiger partial charge is 0.348 e. The van der Waals surface area contributed by atoms with E-state index in [4.69, 9.17) is 0 Å². The molecule has 0 N–H and O–H groups in total. The molecule has 2 aromatic carbocycles. The molecule has 88 valence electrons. The van der Waals surface area contributed by atoms with Crippen LogP contribution in [0.5, 0.6) is 0 Å². The summed E-state index contributed by atoms with van der Waals surface area (Å²) in [7, 11) is 1.75. The highest BCUT2D eigenvalue weighted by molar-refractivity contribution is 5.92. The molecule has 0 atom stereocenters. The molecule has 0 spiro atoms. The van der Waals surface area contributed by atoms with Gasteiger partial charge >= 0.3 is 5.69 Å². The zero-order valence-electron chi connectivity index (χ0n) is 10.00. The molecule has 0 aliphatic rings. The highest BCUT2D eigenvalue weighted by Gasteiger charge is 2.09.